The van der Waals surface area contributed by atoms with Crippen LogP contribution in [-0.2, 0) is 25.5 Å². The van der Waals surface area contributed by atoms with Crippen LogP contribution in [0.2, 0.25) is 0 Å². The lowest BCUT2D eigenvalue weighted by atomic mass is 9.67. The van der Waals surface area contributed by atoms with Crippen molar-refractivity contribution in [2.24, 2.45) is 10.4 Å². The van der Waals surface area contributed by atoms with Gasteiger partial charge >= 0.3 is 11.9 Å². The number of allylic oxidation sites excluding steroid dienone is 2. The Hall–Kier alpha value is -3.15. The summed E-state index contributed by atoms with van der Waals surface area (Å²) in [7, 11) is 2.60. The molecule has 2 aliphatic rings. The first kappa shape index (κ1) is 20.6. The molecule has 29 heavy (non-hydrogen) atoms. The third-order valence-corrected chi connectivity index (χ3v) is 5.90. The molecule has 1 aromatic rings. The van der Waals surface area contributed by atoms with E-state index in [1.807, 2.05) is 26.0 Å². The monoisotopic (exact) mass is 394 g/mol. The summed E-state index contributed by atoms with van der Waals surface area (Å²) in [6, 6.07) is 0. The van der Waals surface area contributed by atoms with Crippen LogP contribution in [0.25, 0.3) is 12.7 Å². The smallest absolute Gasteiger partial charge is 0.335 e. The predicted octanol–water partition coefficient (Wildman–Crippen LogP) is 2.02. The molecule has 0 bridgehead atoms. The Labute approximate surface area is 170 Å². The number of aromatic amines is 1. The summed E-state index contributed by atoms with van der Waals surface area (Å²) < 4.78 is 9.96. The van der Waals surface area contributed by atoms with Crippen LogP contribution in [0.5, 0.6) is 0 Å². The maximum absolute atomic E-state index is 12.8. The average Bonchev–Trinajstić information content (AvgIpc) is 3.11. The maximum atomic E-state index is 12.8. The molecule has 0 spiro atoms. The SMILES string of the molecule is C=C1N=C(/C=c2/[nH]c(=C)c(C)c2CC)C2(C)C1=CCC(C(=O)OC)=C2C(=O)OC. The van der Waals surface area contributed by atoms with E-state index in [1.165, 1.54) is 14.2 Å². The minimum Gasteiger partial charge on any atom is -0.466 e. The molecule has 0 fully saturated rings. The quantitative estimate of drug-likeness (QED) is 0.793. The standard InChI is InChI=1S/C23H26N2O4/c1-8-15-12(2)13(3)24-18(15)11-19-23(5)17(14(4)25-19)10-9-16(21(26)28-6)20(23)22(27)29-7/h10-11,24H,3-4,8-9H2,1-2,5-7H3/b18-11+. The molecule has 1 N–H and O–H groups in total. The molecule has 1 atom stereocenters. The number of carbonyl (C=O) groups is 2. The number of aromatic nitrogens is 1. The largest absolute Gasteiger partial charge is 0.466 e. The fraction of sp³-hybridized carbons (Fsp3) is 0.348. The van der Waals surface area contributed by atoms with Crippen LogP contribution in [0.3, 0.4) is 0 Å². The molecule has 1 unspecified atom stereocenters. The Morgan fingerprint density at radius 2 is 1.93 bits per heavy atom. The Kier molecular flexibility index (Phi) is 5.22. The van der Waals surface area contributed by atoms with Crippen LogP contribution in [0.1, 0.15) is 31.4 Å². The van der Waals surface area contributed by atoms with Crippen LogP contribution in [0, 0.1) is 12.3 Å². The molecule has 1 aliphatic carbocycles. The van der Waals surface area contributed by atoms with Gasteiger partial charge in [0.25, 0.3) is 0 Å². The normalized spacial score (nSPS) is 21.7. The van der Waals surface area contributed by atoms with Crippen LogP contribution in [0.15, 0.2) is 40.1 Å². The number of hydrogen-bond donors (Lipinski definition) is 1. The van der Waals surface area contributed by atoms with E-state index in [2.05, 4.69) is 30.1 Å². The van der Waals surface area contributed by atoms with Gasteiger partial charge < -0.3 is 14.5 Å². The molecule has 3 rings (SSSR count). The zero-order chi connectivity index (χ0) is 21.5. The number of nitrogens with one attached hydrogen (secondary N) is 1. The van der Waals surface area contributed by atoms with Crippen molar-refractivity contribution in [3.8, 4) is 0 Å². The average molecular weight is 394 g/mol. The van der Waals surface area contributed by atoms with E-state index >= 15 is 0 Å². The van der Waals surface area contributed by atoms with E-state index in [4.69, 9.17) is 9.47 Å². The van der Waals surface area contributed by atoms with Crippen molar-refractivity contribution in [2.75, 3.05) is 14.2 Å². The molecule has 0 amide bonds. The third-order valence-electron chi connectivity index (χ3n) is 5.90. The second-order valence-corrected chi connectivity index (χ2v) is 7.35. The topological polar surface area (TPSA) is 80.8 Å². The van der Waals surface area contributed by atoms with E-state index in [0.29, 0.717) is 11.4 Å². The summed E-state index contributed by atoms with van der Waals surface area (Å²) in [6.45, 7) is 14.1. The molecule has 152 valence electrons. The molecule has 0 saturated carbocycles. The highest BCUT2D eigenvalue weighted by molar-refractivity contribution is 6.23. The van der Waals surface area contributed by atoms with Gasteiger partial charge in [-0.15, -0.1) is 0 Å². The summed E-state index contributed by atoms with van der Waals surface area (Å²) in [5.74, 6) is -1.13. The van der Waals surface area contributed by atoms with Gasteiger partial charge in [-0.25, -0.2) is 9.59 Å². The van der Waals surface area contributed by atoms with Crippen molar-refractivity contribution in [3.63, 3.8) is 0 Å². The van der Waals surface area contributed by atoms with Gasteiger partial charge in [0.05, 0.1) is 42.2 Å². The molecule has 0 aromatic carbocycles. The number of aliphatic imine (C=N–C) groups is 1. The van der Waals surface area contributed by atoms with Gasteiger partial charge in [-0.1, -0.05) is 26.2 Å². The van der Waals surface area contributed by atoms with E-state index in [-0.39, 0.29) is 17.6 Å². The van der Waals surface area contributed by atoms with Crippen molar-refractivity contribution >= 4 is 30.3 Å². The van der Waals surface area contributed by atoms with Gasteiger partial charge in [0, 0.05) is 10.7 Å². The van der Waals surface area contributed by atoms with Crippen molar-refractivity contribution in [3.05, 3.63) is 56.9 Å². The first-order valence-corrected chi connectivity index (χ1v) is 9.48. The summed E-state index contributed by atoms with van der Waals surface area (Å²) in [4.78, 5) is 33.2. The number of nitrogens with zero attached hydrogens (tertiary/aromatic N) is 1. The molecule has 2 heterocycles. The Bertz CT molecular complexity index is 1130. The van der Waals surface area contributed by atoms with Crippen LogP contribution in [-0.4, -0.2) is 36.9 Å². The fourth-order valence-corrected chi connectivity index (χ4v) is 4.28. The third kappa shape index (κ3) is 2.99. The number of rotatable bonds is 4. The van der Waals surface area contributed by atoms with E-state index in [0.717, 1.165) is 33.8 Å². The first-order valence-electron chi connectivity index (χ1n) is 9.48. The number of hydrogen-bond acceptors (Lipinski definition) is 5. The Morgan fingerprint density at radius 1 is 1.28 bits per heavy atom. The predicted molar refractivity (Wildman–Crippen MR) is 113 cm³/mol. The summed E-state index contributed by atoms with van der Waals surface area (Å²) >= 11 is 0. The first-order chi connectivity index (χ1) is 13.7. The molecule has 6 heteroatoms. The second-order valence-electron chi connectivity index (χ2n) is 7.35. The highest BCUT2D eigenvalue weighted by Gasteiger charge is 2.50. The number of esters is 2. The fourth-order valence-electron chi connectivity index (χ4n) is 4.28. The molecule has 1 aliphatic heterocycles. The van der Waals surface area contributed by atoms with Gasteiger partial charge in [-0.05, 0) is 49.5 Å². The Morgan fingerprint density at radius 3 is 2.52 bits per heavy atom. The van der Waals surface area contributed by atoms with Gasteiger partial charge in [-0.3, -0.25) is 4.99 Å². The van der Waals surface area contributed by atoms with Crippen molar-refractivity contribution in [1.29, 1.82) is 0 Å². The molecule has 6 nitrogen and oxygen atoms in total. The zero-order valence-corrected chi connectivity index (χ0v) is 17.6. The molecule has 0 radical (unpaired) electrons. The van der Waals surface area contributed by atoms with Crippen molar-refractivity contribution < 1.29 is 19.1 Å². The summed E-state index contributed by atoms with van der Waals surface area (Å²) in [5.41, 5.74) is 3.78. The van der Waals surface area contributed by atoms with Crippen molar-refractivity contribution in [2.45, 2.75) is 33.6 Å². The number of H-pyrrole nitrogens is 1. The lowest BCUT2D eigenvalue weighted by molar-refractivity contribution is -0.140. The van der Waals surface area contributed by atoms with E-state index in [1.54, 1.807) is 0 Å². The molecular weight excluding hydrogens is 368 g/mol. The van der Waals surface area contributed by atoms with E-state index in [9.17, 15) is 9.59 Å². The van der Waals surface area contributed by atoms with Gasteiger partial charge in [0.15, 0.2) is 0 Å². The number of methoxy groups -OCH3 is 2. The summed E-state index contributed by atoms with van der Waals surface area (Å²) in [5, 5.41) is 1.73. The maximum Gasteiger partial charge on any atom is 0.335 e. The van der Waals surface area contributed by atoms with Gasteiger partial charge in [0.1, 0.15) is 0 Å². The zero-order valence-electron chi connectivity index (χ0n) is 17.6. The van der Waals surface area contributed by atoms with E-state index < -0.39 is 17.4 Å². The summed E-state index contributed by atoms with van der Waals surface area (Å²) in [6.07, 6.45) is 4.88. The lowest BCUT2D eigenvalue weighted by Crippen LogP contribution is -2.37. The minimum absolute atomic E-state index is 0.245. The second kappa shape index (κ2) is 7.35. The van der Waals surface area contributed by atoms with Crippen molar-refractivity contribution in [1.82, 2.24) is 4.98 Å². The lowest BCUT2D eigenvalue weighted by Gasteiger charge is -2.33. The number of carbonyl (C=O) groups excluding carboxylic acids is 2. The molecular formula is C23H26N2O4. The van der Waals surface area contributed by atoms with Crippen LogP contribution < -0.4 is 10.7 Å². The number of ether oxygens (including phenoxy) is 2. The van der Waals surface area contributed by atoms with Crippen LogP contribution in [0.4, 0.5) is 0 Å². The molecule has 0 saturated heterocycles. The van der Waals surface area contributed by atoms with Gasteiger partial charge in [0.2, 0.25) is 0 Å². The Balaban J connectivity index is 2.31. The highest BCUT2D eigenvalue weighted by atomic mass is 16.5. The highest BCUT2D eigenvalue weighted by Crippen LogP contribution is 2.51. The number of fused-ring (bicyclic) bond motifs is 1. The van der Waals surface area contributed by atoms with Gasteiger partial charge in [-0.2, -0.15) is 0 Å². The van der Waals surface area contributed by atoms with Crippen LogP contribution >= 0.6 is 0 Å². The molecule has 1 aromatic heterocycles. The minimum atomic E-state index is -0.961.